The highest BCUT2D eigenvalue weighted by atomic mass is 35.5. The van der Waals surface area contributed by atoms with Crippen LogP contribution in [-0.4, -0.2) is 16.7 Å². The van der Waals surface area contributed by atoms with Crippen molar-refractivity contribution in [1.82, 2.24) is 0 Å². The summed E-state index contributed by atoms with van der Waals surface area (Å²) in [6.45, 7) is 0. The van der Waals surface area contributed by atoms with Gasteiger partial charge in [-0.2, -0.15) is 0 Å². The molecule has 0 aliphatic carbocycles. The molecule has 0 saturated carbocycles. The minimum atomic E-state index is 0.538. The van der Waals surface area contributed by atoms with E-state index in [2.05, 4.69) is 5.16 Å². The first-order chi connectivity index (χ1) is 8.20. The molecule has 2 aromatic rings. The van der Waals surface area contributed by atoms with Crippen molar-refractivity contribution in [3.05, 3.63) is 37.8 Å². The molecule has 7 heteroatoms. The van der Waals surface area contributed by atoms with Gasteiger partial charge in [0.05, 0.1) is 14.3 Å². The Morgan fingerprint density at radius 3 is 2.82 bits per heavy atom. The molecule has 0 spiro atoms. The lowest BCUT2D eigenvalue weighted by Crippen LogP contribution is -2.03. The molecule has 17 heavy (non-hydrogen) atoms. The summed E-state index contributed by atoms with van der Waals surface area (Å²) in [5, 5.41) is 14.3. The molecular formula is C10H7Cl2NOS3. The van der Waals surface area contributed by atoms with Crippen LogP contribution in [0.5, 0.6) is 0 Å². The topological polar surface area (TPSA) is 32.6 Å². The number of nitrogens with zero attached hydrogens (tertiary/aromatic N) is 1. The van der Waals surface area contributed by atoms with Gasteiger partial charge in [-0.15, -0.1) is 34.4 Å². The first-order valence-corrected chi connectivity index (χ1v) is 7.97. The summed E-state index contributed by atoms with van der Waals surface area (Å²) < 4.78 is 2.31. The lowest BCUT2D eigenvalue weighted by atomic mass is 10.2. The zero-order valence-electron chi connectivity index (χ0n) is 8.39. The molecule has 0 unspecified atom stereocenters. The highest BCUT2D eigenvalue weighted by Gasteiger charge is 2.13. The molecule has 0 aromatic carbocycles. The molecule has 90 valence electrons. The molecule has 0 atom stereocenters. The SMILES string of the molecule is O/N=C(\CSc1cccs1)c1cc(Cl)sc1Cl. The quantitative estimate of drug-likeness (QED) is 0.368. The van der Waals surface area contributed by atoms with Crippen molar-refractivity contribution in [2.45, 2.75) is 4.21 Å². The minimum absolute atomic E-state index is 0.538. The summed E-state index contributed by atoms with van der Waals surface area (Å²) >= 11 is 16.4. The summed E-state index contributed by atoms with van der Waals surface area (Å²) in [5.41, 5.74) is 1.24. The third kappa shape index (κ3) is 3.39. The van der Waals surface area contributed by atoms with Crippen molar-refractivity contribution in [3.8, 4) is 0 Å². The van der Waals surface area contributed by atoms with E-state index in [9.17, 15) is 0 Å². The van der Waals surface area contributed by atoms with Gasteiger partial charge in [-0.3, -0.25) is 0 Å². The molecule has 2 nitrogen and oxygen atoms in total. The highest BCUT2D eigenvalue weighted by Crippen LogP contribution is 2.33. The zero-order chi connectivity index (χ0) is 12.3. The van der Waals surface area contributed by atoms with E-state index in [1.807, 2.05) is 17.5 Å². The average Bonchev–Trinajstić information content (AvgIpc) is 2.90. The Labute approximate surface area is 121 Å². The van der Waals surface area contributed by atoms with E-state index in [4.69, 9.17) is 28.4 Å². The maximum Gasteiger partial charge on any atom is 0.104 e. The largest absolute Gasteiger partial charge is 0.411 e. The van der Waals surface area contributed by atoms with Crippen molar-refractivity contribution in [2.75, 3.05) is 5.75 Å². The van der Waals surface area contributed by atoms with Gasteiger partial charge < -0.3 is 5.21 Å². The van der Waals surface area contributed by atoms with Crippen molar-refractivity contribution in [1.29, 1.82) is 0 Å². The minimum Gasteiger partial charge on any atom is -0.411 e. The van der Waals surface area contributed by atoms with Crippen LogP contribution in [0.3, 0.4) is 0 Å². The Balaban J connectivity index is 2.10. The molecule has 0 aliphatic rings. The smallest absolute Gasteiger partial charge is 0.104 e. The third-order valence-electron chi connectivity index (χ3n) is 1.93. The van der Waals surface area contributed by atoms with Gasteiger partial charge in [0.15, 0.2) is 0 Å². The van der Waals surface area contributed by atoms with E-state index < -0.39 is 0 Å². The predicted octanol–water partition coefficient (Wildman–Crippen LogP) is 5.09. The number of oxime groups is 1. The van der Waals surface area contributed by atoms with Gasteiger partial charge >= 0.3 is 0 Å². The lowest BCUT2D eigenvalue weighted by Gasteiger charge is -2.01. The van der Waals surface area contributed by atoms with Crippen LogP contribution >= 0.6 is 57.6 Å². The molecule has 0 bridgehead atoms. The van der Waals surface area contributed by atoms with Crippen LogP contribution in [0.25, 0.3) is 0 Å². The van der Waals surface area contributed by atoms with Gasteiger partial charge in [-0.1, -0.05) is 34.4 Å². The van der Waals surface area contributed by atoms with Crippen LogP contribution in [0, 0.1) is 0 Å². The number of hydrogen-bond donors (Lipinski definition) is 1. The Bertz CT molecular complexity index is 522. The molecule has 0 radical (unpaired) electrons. The third-order valence-corrected chi connectivity index (χ3v) is 5.56. The Kier molecular flexibility index (Phi) is 4.76. The Morgan fingerprint density at radius 2 is 2.29 bits per heavy atom. The van der Waals surface area contributed by atoms with Gasteiger partial charge in [0.2, 0.25) is 0 Å². The first-order valence-electron chi connectivity index (χ1n) is 4.53. The number of halogens is 2. The highest BCUT2D eigenvalue weighted by molar-refractivity contribution is 8.01. The fourth-order valence-electron chi connectivity index (χ4n) is 1.18. The fourth-order valence-corrected chi connectivity index (χ4v) is 4.42. The average molecular weight is 324 g/mol. The van der Waals surface area contributed by atoms with Crippen molar-refractivity contribution >= 4 is 63.3 Å². The molecule has 2 aromatic heterocycles. The van der Waals surface area contributed by atoms with Crippen molar-refractivity contribution in [2.24, 2.45) is 5.16 Å². The summed E-state index contributed by atoms with van der Waals surface area (Å²) in [7, 11) is 0. The molecule has 0 saturated heterocycles. The maximum absolute atomic E-state index is 9.02. The van der Waals surface area contributed by atoms with Crippen molar-refractivity contribution < 1.29 is 5.21 Å². The van der Waals surface area contributed by atoms with Gasteiger partial charge in [-0.25, -0.2) is 0 Å². The summed E-state index contributed by atoms with van der Waals surface area (Å²) in [5.74, 6) is 0.559. The number of hydrogen-bond acceptors (Lipinski definition) is 5. The van der Waals surface area contributed by atoms with Crippen LogP contribution in [-0.2, 0) is 0 Å². The van der Waals surface area contributed by atoms with Gasteiger partial charge in [-0.05, 0) is 17.5 Å². The van der Waals surface area contributed by atoms with Crippen LogP contribution in [0.2, 0.25) is 8.67 Å². The van der Waals surface area contributed by atoms with E-state index in [1.54, 1.807) is 29.2 Å². The molecule has 2 heterocycles. The molecule has 0 fully saturated rings. The van der Waals surface area contributed by atoms with E-state index in [-0.39, 0.29) is 0 Å². The van der Waals surface area contributed by atoms with Crippen molar-refractivity contribution in [3.63, 3.8) is 0 Å². The monoisotopic (exact) mass is 323 g/mol. The second-order valence-corrected chi connectivity index (χ2v) is 7.51. The number of thioether (sulfide) groups is 1. The van der Waals surface area contributed by atoms with E-state index in [0.717, 1.165) is 0 Å². The van der Waals surface area contributed by atoms with E-state index in [0.29, 0.717) is 25.7 Å². The fraction of sp³-hybridized carbons (Fsp3) is 0.100. The second-order valence-electron chi connectivity index (χ2n) is 3.01. The molecule has 1 N–H and O–H groups in total. The van der Waals surface area contributed by atoms with Gasteiger partial charge in [0.1, 0.15) is 4.34 Å². The number of thiophene rings is 2. The summed E-state index contributed by atoms with van der Waals surface area (Å²) in [6.07, 6.45) is 0. The van der Waals surface area contributed by atoms with E-state index >= 15 is 0 Å². The predicted molar refractivity (Wildman–Crippen MR) is 77.7 cm³/mol. The summed E-state index contributed by atoms with van der Waals surface area (Å²) in [6, 6.07) is 5.72. The van der Waals surface area contributed by atoms with Gasteiger partial charge in [0, 0.05) is 11.3 Å². The zero-order valence-corrected chi connectivity index (χ0v) is 12.4. The molecule has 2 rings (SSSR count). The second kappa shape index (κ2) is 6.11. The van der Waals surface area contributed by atoms with Crippen LogP contribution in [0.15, 0.2) is 32.9 Å². The molecule has 0 aliphatic heterocycles. The normalized spacial score (nSPS) is 12.0. The lowest BCUT2D eigenvalue weighted by molar-refractivity contribution is 0.319. The first kappa shape index (κ1) is 13.2. The van der Waals surface area contributed by atoms with Crippen LogP contribution in [0.1, 0.15) is 5.56 Å². The maximum atomic E-state index is 9.02. The standard InChI is InChI=1S/C10H7Cl2NOS3/c11-8-4-6(10(12)17-8)7(13-14)5-16-9-2-1-3-15-9/h1-4,14H,5H2/b13-7+. The molecular weight excluding hydrogens is 317 g/mol. The van der Waals surface area contributed by atoms with E-state index in [1.165, 1.54) is 15.5 Å². The number of rotatable bonds is 4. The Hall–Kier alpha value is -0.200. The van der Waals surface area contributed by atoms with Crippen LogP contribution in [0.4, 0.5) is 0 Å². The van der Waals surface area contributed by atoms with Gasteiger partial charge in [0.25, 0.3) is 0 Å². The Morgan fingerprint density at radius 1 is 1.47 bits per heavy atom. The van der Waals surface area contributed by atoms with Crippen LogP contribution < -0.4 is 0 Å². The summed E-state index contributed by atoms with van der Waals surface area (Å²) in [4.78, 5) is 0. The molecule has 0 amide bonds.